The van der Waals surface area contributed by atoms with Crippen LogP contribution < -0.4 is 4.90 Å². The van der Waals surface area contributed by atoms with Crippen LogP contribution >= 0.6 is 0 Å². The third-order valence-corrected chi connectivity index (χ3v) is 4.89. The first-order chi connectivity index (χ1) is 10.0. The molecule has 2 heterocycles. The topological polar surface area (TPSA) is 86.8 Å². The molecule has 114 valence electrons. The van der Waals surface area contributed by atoms with Crippen LogP contribution in [0.5, 0.6) is 0 Å². The minimum Gasteiger partial charge on any atom is -0.393 e. The number of hydrogen-bond donors (Lipinski definition) is 2. The van der Waals surface area contributed by atoms with E-state index in [4.69, 9.17) is 0 Å². The van der Waals surface area contributed by atoms with Crippen molar-refractivity contribution in [3.8, 4) is 0 Å². The van der Waals surface area contributed by atoms with Gasteiger partial charge in [-0.15, -0.1) is 0 Å². The smallest absolute Gasteiger partial charge is 0.272 e. The van der Waals surface area contributed by atoms with Gasteiger partial charge < -0.3 is 15.1 Å². The molecule has 6 heteroatoms. The van der Waals surface area contributed by atoms with E-state index in [-0.39, 0.29) is 30.5 Å². The minimum absolute atomic E-state index is 0.0483. The lowest BCUT2D eigenvalue weighted by Crippen LogP contribution is -2.45. The summed E-state index contributed by atoms with van der Waals surface area (Å²) >= 11 is 0. The highest BCUT2D eigenvalue weighted by atomic mass is 16.6. The van der Waals surface area contributed by atoms with E-state index >= 15 is 0 Å². The molecule has 6 nitrogen and oxygen atoms in total. The summed E-state index contributed by atoms with van der Waals surface area (Å²) in [6.07, 6.45) is 3.27. The van der Waals surface area contributed by atoms with Crippen LogP contribution in [-0.2, 0) is 6.61 Å². The predicted molar refractivity (Wildman–Crippen MR) is 78.3 cm³/mol. The third-order valence-electron chi connectivity index (χ3n) is 4.89. The zero-order valence-electron chi connectivity index (χ0n) is 12.0. The second-order valence-electron chi connectivity index (χ2n) is 6.04. The molecule has 0 amide bonds. The highest BCUT2D eigenvalue weighted by Crippen LogP contribution is 2.42. The highest BCUT2D eigenvalue weighted by molar-refractivity contribution is 5.64. The first kappa shape index (κ1) is 14.3. The van der Waals surface area contributed by atoms with Crippen molar-refractivity contribution in [3.63, 3.8) is 0 Å². The van der Waals surface area contributed by atoms with Gasteiger partial charge in [0.25, 0.3) is 5.69 Å². The summed E-state index contributed by atoms with van der Waals surface area (Å²) in [5.74, 6) is 0. The molecule has 2 atom stereocenters. The molecule has 3 rings (SSSR count). The van der Waals surface area contributed by atoms with Crippen molar-refractivity contribution in [2.75, 3.05) is 4.90 Å². The second-order valence-corrected chi connectivity index (χ2v) is 6.04. The number of nitro benzene ring substituents is 1. The van der Waals surface area contributed by atoms with Crippen molar-refractivity contribution in [2.45, 2.75) is 57.4 Å². The van der Waals surface area contributed by atoms with Gasteiger partial charge in [-0.25, -0.2) is 0 Å². The Hall–Kier alpha value is -1.66. The summed E-state index contributed by atoms with van der Waals surface area (Å²) in [7, 11) is 0. The number of piperidine rings is 1. The molecule has 1 aromatic rings. The molecule has 0 saturated carbocycles. The average molecular weight is 292 g/mol. The minimum atomic E-state index is -0.410. The molecule has 0 aromatic heterocycles. The summed E-state index contributed by atoms with van der Waals surface area (Å²) in [5.41, 5.74) is 2.11. The molecule has 0 radical (unpaired) electrons. The quantitative estimate of drug-likeness (QED) is 0.656. The number of anilines is 1. The number of hydrogen-bond acceptors (Lipinski definition) is 5. The molecule has 2 bridgehead atoms. The monoisotopic (exact) mass is 292 g/mol. The molecular formula is C15H20N2O4. The average Bonchev–Trinajstić information content (AvgIpc) is 2.69. The largest absolute Gasteiger partial charge is 0.393 e. The van der Waals surface area contributed by atoms with E-state index in [0.717, 1.165) is 31.4 Å². The Morgan fingerprint density at radius 2 is 1.95 bits per heavy atom. The fraction of sp³-hybridized carbons (Fsp3) is 0.600. The summed E-state index contributed by atoms with van der Waals surface area (Å²) < 4.78 is 0. The van der Waals surface area contributed by atoms with Gasteiger partial charge in [-0.05, 0) is 38.7 Å². The van der Waals surface area contributed by atoms with E-state index in [2.05, 4.69) is 4.90 Å². The first-order valence-corrected chi connectivity index (χ1v) is 7.37. The summed E-state index contributed by atoms with van der Waals surface area (Å²) in [4.78, 5) is 12.9. The van der Waals surface area contributed by atoms with Gasteiger partial charge >= 0.3 is 0 Å². The maximum Gasteiger partial charge on any atom is 0.272 e. The molecule has 2 unspecified atom stereocenters. The summed E-state index contributed by atoms with van der Waals surface area (Å²) in [6, 6.07) is 3.81. The van der Waals surface area contributed by atoms with E-state index in [0.29, 0.717) is 11.1 Å². The van der Waals surface area contributed by atoms with E-state index in [9.17, 15) is 20.3 Å². The highest BCUT2D eigenvalue weighted by Gasteiger charge is 2.41. The number of aliphatic hydroxyl groups excluding tert-OH is 2. The van der Waals surface area contributed by atoms with Crippen LogP contribution in [0.3, 0.4) is 0 Å². The Morgan fingerprint density at radius 3 is 2.48 bits per heavy atom. The molecule has 1 aromatic carbocycles. The van der Waals surface area contributed by atoms with Gasteiger partial charge in [-0.2, -0.15) is 0 Å². The van der Waals surface area contributed by atoms with E-state index < -0.39 is 4.92 Å². The predicted octanol–water partition coefficient (Wildman–Crippen LogP) is 1.89. The molecular weight excluding hydrogens is 272 g/mol. The Balaban J connectivity index is 2.03. The number of nitrogens with zero attached hydrogens (tertiary/aromatic N) is 2. The second kappa shape index (κ2) is 5.27. The molecule has 21 heavy (non-hydrogen) atoms. The standard InChI is InChI=1S/C15H20N2O4/c1-9-13(8-18)15(5-4-14(9)17(20)21)16-10-2-3-11(16)7-12(19)6-10/h4-5,10-12,18-19H,2-3,6-8H2,1H3. The van der Waals surface area contributed by atoms with Gasteiger partial charge in [0.05, 0.1) is 17.6 Å². The van der Waals surface area contributed by atoms with Crippen LogP contribution in [0.4, 0.5) is 11.4 Å². The first-order valence-electron chi connectivity index (χ1n) is 7.37. The lowest BCUT2D eigenvalue weighted by atomic mass is 9.96. The van der Waals surface area contributed by atoms with Crippen molar-refractivity contribution < 1.29 is 15.1 Å². The van der Waals surface area contributed by atoms with Crippen molar-refractivity contribution in [2.24, 2.45) is 0 Å². The van der Waals surface area contributed by atoms with E-state index in [1.165, 1.54) is 6.07 Å². The van der Waals surface area contributed by atoms with Gasteiger partial charge in [-0.3, -0.25) is 10.1 Å². The van der Waals surface area contributed by atoms with Crippen molar-refractivity contribution in [1.82, 2.24) is 0 Å². The zero-order valence-corrected chi connectivity index (χ0v) is 12.0. The fourth-order valence-corrected chi connectivity index (χ4v) is 3.91. The van der Waals surface area contributed by atoms with Crippen LogP contribution in [0, 0.1) is 17.0 Å². The SMILES string of the molecule is Cc1c([N+](=O)[O-])ccc(N2C3CCC2CC(O)C3)c1CO. The van der Waals surface area contributed by atoms with Crippen LogP contribution in [0.25, 0.3) is 0 Å². The fourth-order valence-electron chi connectivity index (χ4n) is 3.91. The van der Waals surface area contributed by atoms with Gasteiger partial charge in [0, 0.05) is 35.0 Å². The molecule has 0 aliphatic carbocycles. The molecule has 2 N–H and O–H groups in total. The number of benzene rings is 1. The van der Waals surface area contributed by atoms with Crippen molar-refractivity contribution in [3.05, 3.63) is 33.4 Å². The Bertz CT molecular complexity index is 561. The molecule has 2 saturated heterocycles. The molecule has 0 spiro atoms. The number of fused-ring (bicyclic) bond motifs is 2. The van der Waals surface area contributed by atoms with E-state index in [1.54, 1.807) is 13.0 Å². The Labute approximate surface area is 123 Å². The maximum atomic E-state index is 11.0. The van der Waals surface area contributed by atoms with Crippen LogP contribution in [0.2, 0.25) is 0 Å². The normalized spacial score (nSPS) is 28.0. The maximum absolute atomic E-state index is 11.0. The Kier molecular flexibility index (Phi) is 3.59. The zero-order chi connectivity index (χ0) is 15.1. The number of nitro groups is 1. The van der Waals surface area contributed by atoms with Crippen molar-refractivity contribution >= 4 is 11.4 Å². The van der Waals surface area contributed by atoms with Gasteiger partial charge in [0.1, 0.15) is 0 Å². The summed E-state index contributed by atoms with van der Waals surface area (Å²) in [6.45, 7) is 1.48. The summed E-state index contributed by atoms with van der Waals surface area (Å²) in [5, 5.41) is 30.6. The molecule has 2 aliphatic rings. The number of rotatable bonds is 3. The molecule has 2 fully saturated rings. The van der Waals surface area contributed by atoms with Crippen molar-refractivity contribution in [1.29, 1.82) is 0 Å². The lowest BCUT2D eigenvalue weighted by molar-refractivity contribution is -0.385. The van der Waals surface area contributed by atoms with Gasteiger partial charge in [0.2, 0.25) is 0 Å². The van der Waals surface area contributed by atoms with Crippen LogP contribution in [0.1, 0.15) is 36.8 Å². The van der Waals surface area contributed by atoms with Gasteiger partial charge in [0.15, 0.2) is 0 Å². The van der Waals surface area contributed by atoms with Gasteiger partial charge in [-0.1, -0.05) is 0 Å². The lowest BCUT2D eigenvalue weighted by Gasteiger charge is -2.40. The van der Waals surface area contributed by atoms with E-state index in [1.807, 2.05) is 0 Å². The van der Waals surface area contributed by atoms with Crippen LogP contribution in [0.15, 0.2) is 12.1 Å². The van der Waals surface area contributed by atoms with Crippen LogP contribution in [-0.4, -0.2) is 33.3 Å². The number of aliphatic hydroxyl groups is 2. The third kappa shape index (κ3) is 2.28. The Morgan fingerprint density at radius 1 is 1.33 bits per heavy atom. The molecule has 2 aliphatic heterocycles.